The molecule has 114 valence electrons. The van der Waals surface area contributed by atoms with E-state index in [1.165, 1.54) is 6.07 Å². The molecule has 0 saturated carbocycles. The molecule has 1 aromatic carbocycles. The molecule has 1 aromatic heterocycles. The summed E-state index contributed by atoms with van der Waals surface area (Å²) in [7, 11) is -3.72. The van der Waals surface area contributed by atoms with Crippen molar-refractivity contribution < 1.29 is 8.42 Å². The zero-order valence-corrected chi connectivity index (χ0v) is 14.4. The first-order valence-electron chi connectivity index (χ1n) is 6.34. The molecule has 0 amide bonds. The number of sulfonamides is 1. The lowest BCUT2D eigenvalue weighted by Gasteiger charge is -2.15. The third kappa shape index (κ3) is 3.21. The van der Waals surface area contributed by atoms with Crippen molar-refractivity contribution in [3.8, 4) is 0 Å². The molecule has 0 aliphatic heterocycles. The van der Waals surface area contributed by atoms with Crippen molar-refractivity contribution >= 4 is 37.5 Å². The van der Waals surface area contributed by atoms with Gasteiger partial charge in [0, 0.05) is 22.3 Å². The number of aryl methyl sites for hydroxylation is 1. The molecule has 0 radical (unpaired) electrons. The normalized spacial score (nSPS) is 11.9. The highest BCUT2D eigenvalue weighted by atomic mass is 79.9. The summed E-state index contributed by atoms with van der Waals surface area (Å²) in [5, 5.41) is 4.11. The van der Waals surface area contributed by atoms with Crippen molar-refractivity contribution in [2.24, 2.45) is 0 Å². The monoisotopic (exact) mass is 372 g/mol. The molecule has 6 nitrogen and oxygen atoms in total. The van der Waals surface area contributed by atoms with Gasteiger partial charge in [-0.2, -0.15) is 5.10 Å². The van der Waals surface area contributed by atoms with Gasteiger partial charge in [-0.05, 0) is 54.4 Å². The fourth-order valence-electron chi connectivity index (χ4n) is 1.96. The topological polar surface area (TPSA) is 90.0 Å². The van der Waals surface area contributed by atoms with Gasteiger partial charge in [-0.15, -0.1) is 0 Å². The first kappa shape index (κ1) is 15.8. The Hall–Kier alpha value is -1.54. The van der Waals surface area contributed by atoms with Crippen molar-refractivity contribution in [2.75, 3.05) is 10.5 Å². The van der Waals surface area contributed by atoms with Crippen LogP contribution >= 0.6 is 15.9 Å². The molecule has 21 heavy (non-hydrogen) atoms. The average molecular weight is 373 g/mol. The van der Waals surface area contributed by atoms with Crippen LogP contribution in [-0.2, 0) is 10.0 Å². The summed E-state index contributed by atoms with van der Waals surface area (Å²) in [4.78, 5) is 0.153. The quantitative estimate of drug-likeness (QED) is 0.807. The van der Waals surface area contributed by atoms with Gasteiger partial charge in [0.25, 0.3) is 10.0 Å². The van der Waals surface area contributed by atoms with E-state index in [4.69, 9.17) is 5.73 Å². The molecule has 0 aliphatic rings. The third-order valence-electron chi connectivity index (χ3n) is 2.98. The maximum absolute atomic E-state index is 12.5. The second-order valence-corrected chi connectivity index (χ2v) is 7.50. The summed E-state index contributed by atoms with van der Waals surface area (Å²) >= 11 is 3.28. The van der Waals surface area contributed by atoms with E-state index in [1.807, 2.05) is 13.8 Å². The molecule has 0 bridgehead atoms. The molecule has 8 heteroatoms. The van der Waals surface area contributed by atoms with E-state index in [-0.39, 0.29) is 10.9 Å². The molecule has 0 saturated heterocycles. The summed E-state index contributed by atoms with van der Waals surface area (Å²) in [5.74, 6) is 0.422. The number of halogens is 1. The largest absolute Gasteiger partial charge is 0.398 e. The molecule has 3 N–H and O–H groups in total. The third-order valence-corrected chi connectivity index (χ3v) is 5.17. The Morgan fingerprint density at radius 3 is 2.67 bits per heavy atom. The smallest absolute Gasteiger partial charge is 0.263 e. The van der Waals surface area contributed by atoms with Crippen LogP contribution in [0.15, 0.2) is 33.8 Å². The Bertz CT molecular complexity index is 768. The SMILES string of the molecule is Cc1cc(Br)c(N)cc1S(=O)(=O)Nc1ccnn1C(C)C. The van der Waals surface area contributed by atoms with Crippen LogP contribution in [0, 0.1) is 6.92 Å². The minimum Gasteiger partial charge on any atom is -0.398 e. The van der Waals surface area contributed by atoms with Crippen LogP contribution in [0.2, 0.25) is 0 Å². The predicted molar refractivity (Wildman–Crippen MR) is 86.7 cm³/mol. The first-order chi connectivity index (χ1) is 9.72. The highest BCUT2D eigenvalue weighted by Crippen LogP contribution is 2.28. The molecule has 0 unspecified atom stereocenters. The zero-order chi connectivity index (χ0) is 15.8. The molecule has 2 rings (SSSR count). The van der Waals surface area contributed by atoms with Crippen LogP contribution in [0.5, 0.6) is 0 Å². The van der Waals surface area contributed by atoms with Crippen LogP contribution in [-0.4, -0.2) is 18.2 Å². The Morgan fingerprint density at radius 2 is 2.05 bits per heavy atom. The Kier molecular flexibility index (Phi) is 4.29. The van der Waals surface area contributed by atoms with Gasteiger partial charge < -0.3 is 5.73 Å². The number of nitrogens with one attached hydrogen (secondary N) is 1. The summed E-state index contributed by atoms with van der Waals surface area (Å²) < 4.78 is 29.9. The number of nitrogens with two attached hydrogens (primary N) is 1. The Balaban J connectivity index is 2.44. The van der Waals surface area contributed by atoms with E-state index < -0.39 is 10.0 Å². The number of hydrogen-bond donors (Lipinski definition) is 2. The van der Waals surface area contributed by atoms with Crippen LogP contribution in [0.3, 0.4) is 0 Å². The number of aromatic nitrogens is 2. The lowest BCUT2D eigenvalue weighted by molar-refractivity contribution is 0.539. The van der Waals surface area contributed by atoms with E-state index in [0.29, 0.717) is 21.5 Å². The lowest BCUT2D eigenvalue weighted by Crippen LogP contribution is -2.18. The standard InChI is InChI=1S/C13H17BrN4O2S/c1-8(2)18-13(4-5-16-18)17-21(19,20)12-7-11(15)10(14)6-9(12)3/h4-8,17H,15H2,1-3H3. The summed E-state index contributed by atoms with van der Waals surface area (Å²) in [6, 6.07) is 4.80. The number of rotatable bonds is 4. The van der Waals surface area contributed by atoms with Crippen LogP contribution in [0.4, 0.5) is 11.5 Å². The van der Waals surface area contributed by atoms with Crippen LogP contribution in [0.25, 0.3) is 0 Å². The maximum Gasteiger partial charge on any atom is 0.263 e. The van der Waals surface area contributed by atoms with Crippen LogP contribution < -0.4 is 10.5 Å². The fraction of sp³-hybridized carbons (Fsp3) is 0.308. The van der Waals surface area contributed by atoms with Gasteiger partial charge in [0.05, 0.1) is 11.1 Å². The molecular weight excluding hydrogens is 356 g/mol. The molecule has 2 aromatic rings. The van der Waals surface area contributed by atoms with Gasteiger partial charge >= 0.3 is 0 Å². The molecule has 0 fully saturated rings. The molecule has 0 atom stereocenters. The first-order valence-corrected chi connectivity index (χ1v) is 8.62. The highest BCUT2D eigenvalue weighted by molar-refractivity contribution is 9.10. The van der Waals surface area contributed by atoms with E-state index in [2.05, 4.69) is 25.8 Å². The number of nitrogen functional groups attached to an aromatic ring is 1. The van der Waals surface area contributed by atoms with Gasteiger partial charge in [0.1, 0.15) is 5.82 Å². The van der Waals surface area contributed by atoms with Crippen LogP contribution in [0.1, 0.15) is 25.5 Å². The van der Waals surface area contributed by atoms with Crippen molar-refractivity contribution in [2.45, 2.75) is 31.7 Å². The second kappa shape index (κ2) is 5.69. The molecule has 0 aliphatic carbocycles. The summed E-state index contributed by atoms with van der Waals surface area (Å²) in [6.07, 6.45) is 1.56. The summed E-state index contributed by atoms with van der Waals surface area (Å²) in [6.45, 7) is 5.57. The number of benzene rings is 1. The molecule has 1 heterocycles. The van der Waals surface area contributed by atoms with Crippen molar-refractivity contribution in [1.29, 1.82) is 0 Å². The average Bonchev–Trinajstić information content (AvgIpc) is 2.81. The minimum absolute atomic E-state index is 0.0498. The summed E-state index contributed by atoms with van der Waals surface area (Å²) in [5.41, 5.74) is 6.76. The number of nitrogens with zero attached hydrogens (tertiary/aromatic N) is 2. The zero-order valence-electron chi connectivity index (χ0n) is 12.0. The Labute approximate surface area is 132 Å². The van der Waals surface area contributed by atoms with Crippen molar-refractivity contribution in [3.05, 3.63) is 34.4 Å². The van der Waals surface area contributed by atoms with Gasteiger partial charge in [0.2, 0.25) is 0 Å². The minimum atomic E-state index is -3.72. The van der Waals surface area contributed by atoms with Gasteiger partial charge in [-0.1, -0.05) is 0 Å². The number of anilines is 2. The highest BCUT2D eigenvalue weighted by Gasteiger charge is 2.20. The molecule has 0 spiro atoms. The van der Waals surface area contributed by atoms with Crippen molar-refractivity contribution in [3.63, 3.8) is 0 Å². The second-order valence-electron chi connectivity index (χ2n) is 5.00. The van der Waals surface area contributed by atoms with E-state index >= 15 is 0 Å². The van der Waals surface area contributed by atoms with Crippen molar-refractivity contribution in [1.82, 2.24) is 9.78 Å². The van der Waals surface area contributed by atoms with Gasteiger partial charge in [-0.3, -0.25) is 4.72 Å². The Morgan fingerprint density at radius 1 is 1.38 bits per heavy atom. The van der Waals surface area contributed by atoms with E-state index in [0.717, 1.165) is 0 Å². The van der Waals surface area contributed by atoms with E-state index in [9.17, 15) is 8.42 Å². The number of hydrogen-bond acceptors (Lipinski definition) is 4. The van der Waals surface area contributed by atoms with Gasteiger partial charge in [0.15, 0.2) is 0 Å². The maximum atomic E-state index is 12.5. The fourth-order valence-corrected chi connectivity index (χ4v) is 3.73. The molecular formula is C13H17BrN4O2S. The lowest BCUT2D eigenvalue weighted by atomic mass is 10.2. The predicted octanol–water partition coefficient (Wildman–Crippen LogP) is 2.92. The van der Waals surface area contributed by atoms with E-state index in [1.54, 1.807) is 29.9 Å². The van der Waals surface area contributed by atoms with Gasteiger partial charge in [-0.25, -0.2) is 13.1 Å².